The first kappa shape index (κ1) is 16.5. The van der Waals surface area contributed by atoms with Crippen LogP contribution in [0.5, 0.6) is 0 Å². The van der Waals surface area contributed by atoms with Crippen molar-refractivity contribution in [2.45, 2.75) is 50.5 Å². The summed E-state index contributed by atoms with van der Waals surface area (Å²) in [6.07, 6.45) is 2.95. The maximum Gasteiger partial charge on any atom is 0.243 e. The van der Waals surface area contributed by atoms with Crippen molar-refractivity contribution in [1.29, 1.82) is 0 Å². The lowest BCUT2D eigenvalue weighted by Crippen LogP contribution is -2.45. The van der Waals surface area contributed by atoms with Crippen LogP contribution in [0.1, 0.15) is 38.7 Å². The van der Waals surface area contributed by atoms with Crippen LogP contribution in [-0.4, -0.2) is 37.0 Å². The number of aryl methyl sites for hydroxylation is 1. The van der Waals surface area contributed by atoms with Crippen molar-refractivity contribution in [3.8, 4) is 0 Å². The molecule has 0 bridgehead atoms. The van der Waals surface area contributed by atoms with E-state index < -0.39 is 10.0 Å². The standard InChI is InChI=1S/C16H25NO3S/c1-3-5-13-6-8-15(9-7-13)21(19,20)17-11-10-16(18)14(4-2)12-17/h6-9,14,16,18H,3-5,10-12H2,1-2H3. The van der Waals surface area contributed by atoms with Gasteiger partial charge in [0, 0.05) is 13.1 Å². The van der Waals surface area contributed by atoms with Gasteiger partial charge in [0.2, 0.25) is 10.0 Å². The van der Waals surface area contributed by atoms with Gasteiger partial charge in [-0.1, -0.05) is 32.4 Å². The molecule has 2 atom stereocenters. The van der Waals surface area contributed by atoms with E-state index in [9.17, 15) is 13.5 Å². The van der Waals surface area contributed by atoms with E-state index in [0.29, 0.717) is 24.4 Å². The Hall–Kier alpha value is -0.910. The first-order valence-electron chi connectivity index (χ1n) is 7.76. The number of rotatable bonds is 5. The second-order valence-corrected chi connectivity index (χ2v) is 7.72. The SMILES string of the molecule is CCCc1ccc(S(=O)(=O)N2CCC(O)C(CC)C2)cc1. The van der Waals surface area contributed by atoms with E-state index in [-0.39, 0.29) is 12.0 Å². The minimum Gasteiger partial charge on any atom is -0.393 e. The van der Waals surface area contributed by atoms with Crippen molar-refractivity contribution in [3.05, 3.63) is 29.8 Å². The molecule has 1 aromatic carbocycles. The van der Waals surface area contributed by atoms with Crippen molar-refractivity contribution >= 4 is 10.0 Å². The van der Waals surface area contributed by atoms with Crippen LogP contribution in [0.25, 0.3) is 0 Å². The molecule has 4 nitrogen and oxygen atoms in total. The van der Waals surface area contributed by atoms with Gasteiger partial charge in [0.1, 0.15) is 0 Å². The molecule has 2 rings (SSSR count). The molecule has 1 saturated heterocycles. The molecule has 0 saturated carbocycles. The monoisotopic (exact) mass is 311 g/mol. The van der Waals surface area contributed by atoms with Crippen LogP contribution in [0.2, 0.25) is 0 Å². The summed E-state index contributed by atoms with van der Waals surface area (Å²) in [6, 6.07) is 7.19. The van der Waals surface area contributed by atoms with Crippen LogP contribution in [0, 0.1) is 5.92 Å². The molecule has 1 fully saturated rings. The molecule has 1 heterocycles. The average molecular weight is 311 g/mol. The number of aliphatic hydroxyl groups excluding tert-OH is 1. The molecule has 0 spiro atoms. The van der Waals surface area contributed by atoms with E-state index in [1.165, 1.54) is 4.31 Å². The molecule has 0 aliphatic carbocycles. The number of piperidine rings is 1. The Balaban J connectivity index is 2.17. The van der Waals surface area contributed by atoms with E-state index in [2.05, 4.69) is 6.92 Å². The summed E-state index contributed by atoms with van der Waals surface area (Å²) >= 11 is 0. The van der Waals surface area contributed by atoms with Gasteiger partial charge in [0.25, 0.3) is 0 Å². The van der Waals surface area contributed by atoms with Crippen molar-refractivity contribution in [1.82, 2.24) is 4.31 Å². The average Bonchev–Trinajstić information content (AvgIpc) is 2.48. The molecule has 0 amide bonds. The fourth-order valence-electron chi connectivity index (χ4n) is 2.87. The Bertz CT molecular complexity index is 553. The predicted octanol–water partition coefficient (Wildman–Crippen LogP) is 2.42. The molecular weight excluding hydrogens is 286 g/mol. The lowest BCUT2D eigenvalue weighted by atomic mass is 9.94. The number of aliphatic hydroxyl groups is 1. The number of hydrogen-bond acceptors (Lipinski definition) is 3. The molecule has 5 heteroatoms. The van der Waals surface area contributed by atoms with E-state index >= 15 is 0 Å². The second kappa shape index (κ2) is 6.90. The minimum absolute atomic E-state index is 0.0351. The molecule has 1 aliphatic heterocycles. The van der Waals surface area contributed by atoms with Crippen LogP contribution in [-0.2, 0) is 16.4 Å². The second-order valence-electron chi connectivity index (χ2n) is 5.78. The van der Waals surface area contributed by atoms with Crippen molar-refractivity contribution in [3.63, 3.8) is 0 Å². The summed E-state index contributed by atoms with van der Waals surface area (Å²) in [5.74, 6) is 0.0351. The molecule has 0 radical (unpaired) electrons. The maximum absolute atomic E-state index is 12.7. The third-order valence-electron chi connectivity index (χ3n) is 4.28. The van der Waals surface area contributed by atoms with E-state index in [1.807, 2.05) is 19.1 Å². The largest absolute Gasteiger partial charge is 0.393 e. The molecule has 2 unspecified atom stereocenters. The zero-order chi connectivity index (χ0) is 15.5. The molecule has 1 N–H and O–H groups in total. The fourth-order valence-corrected chi connectivity index (χ4v) is 4.38. The van der Waals surface area contributed by atoms with Gasteiger partial charge in [-0.2, -0.15) is 4.31 Å². The quantitative estimate of drug-likeness (QED) is 0.908. The van der Waals surface area contributed by atoms with Gasteiger partial charge in [-0.25, -0.2) is 8.42 Å². The normalized spacial score (nSPS) is 24.1. The van der Waals surface area contributed by atoms with E-state index in [1.54, 1.807) is 12.1 Å². The topological polar surface area (TPSA) is 57.6 Å². The summed E-state index contributed by atoms with van der Waals surface area (Å²) in [5.41, 5.74) is 1.16. The molecule has 118 valence electrons. The van der Waals surface area contributed by atoms with Gasteiger partial charge < -0.3 is 5.11 Å². The van der Waals surface area contributed by atoms with Gasteiger partial charge in [-0.3, -0.25) is 0 Å². The van der Waals surface area contributed by atoms with Gasteiger partial charge >= 0.3 is 0 Å². The first-order chi connectivity index (χ1) is 9.98. The highest BCUT2D eigenvalue weighted by molar-refractivity contribution is 7.89. The van der Waals surface area contributed by atoms with Gasteiger partial charge in [0.15, 0.2) is 0 Å². The zero-order valence-corrected chi connectivity index (χ0v) is 13.6. The van der Waals surface area contributed by atoms with E-state index in [0.717, 1.165) is 24.8 Å². The highest BCUT2D eigenvalue weighted by Crippen LogP contribution is 2.26. The smallest absolute Gasteiger partial charge is 0.243 e. The summed E-state index contributed by atoms with van der Waals surface area (Å²) in [5, 5.41) is 9.90. The summed E-state index contributed by atoms with van der Waals surface area (Å²) in [7, 11) is -3.44. The minimum atomic E-state index is -3.44. The number of hydrogen-bond donors (Lipinski definition) is 1. The lowest BCUT2D eigenvalue weighted by molar-refractivity contribution is 0.0521. The van der Waals surface area contributed by atoms with Crippen molar-refractivity contribution in [2.24, 2.45) is 5.92 Å². The highest BCUT2D eigenvalue weighted by atomic mass is 32.2. The molecule has 21 heavy (non-hydrogen) atoms. The molecule has 1 aliphatic rings. The van der Waals surface area contributed by atoms with Crippen molar-refractivity contribution < 1.29 is 13.5 Å². The Kier molecular flexibility index (Phi) is 5.41. The molecule has 1 aromatic rings. The number of nitrogens with zero attached hydrogens (tertiary/aromatic N) is 1. The predicted molar refractivity (Wildman–Crippen MR) is 83.6 cm³/mol. The summed E-state index contributed by atoms with van der Waals surface area (Å²) < 4.78 is 26.9. The van der Waals surface area contributed by atoms with Crippen LogP contribution in [0.15, 0.2) is 29.2 Å². The van der Waals surface area contributed by atoms with Gasteiger partial charge in [0.05, 0.1) is 11.0 Å². The third kappa shape index (κ3) is 3.65. The zero-order valence-electron chi connectivity index (χ0n) is 12.8. The lowest BCUT2D eigenvalue weighted by Gasteiger charge is -2.34. The van der Waals surface area contributed by atoms with Gasteiger partial charge in [-0.15, -0.1) is 0 Å². The fraction of sp³-hybridized carbons (Fsp3) is 0.625. The van der Waals surface area contributed by atoms with Crippen LogP contribution in [0.3, 0.4) is 0 Å². The maximum atomic E-state index is 12.7. The highest BCUT2D eigenvalue weighted by Gasteiger charge is 2.33. The van der Waals surface area contributed by atoms with Crippen LogP contribution < -0.4 is 0 Å². The number of benzene rings is 1. The third-order valence-corrected chi connectivity index (χ3v) is 6.16. The summed E-state index contributed by atoms with van der Waals surface area (Å²) in [6.45, 7) is 4.91. The first-order valence-corrected chi connectivity index (χ1v) is 9.20. The van der Waals surface area contributed by atoms with Crippen LogP contribution >= 0.6 is 0 Å². The Morgan fingerprint density at radius 1 is 1.24 bits per heavy atom. The Morgan fingerprint density at radius 2 is 1.90 bits per heavy atom. The molecule has 0 aromatic heterocycles. The number of sulfonamides is 1. The van der Waals surface area contributed by atoms with Crippen molar-refractivity contribution in [2.75, 3.05) is 13.1 Å². The molecular formula is C16H25NO3S. The Labute approximate surface area is 127 Å². The van der Waals surface area contributed by atoms with E-state index in [4.69, 9.17) is 0 Å². The summed E-state index contributed by atoms with van der Waals surface area (Å²) in [4.78, 5) is 0.355. The van der Waals surface area contributed by atoms with Crippen LogP contribution in [0.4, 0.5) is 0 Å². The van der Waals surface area contributed by atoms with Gasteiger partial charge in [-0.05, 0) is 42.9 Å². The Morgan fingerprint density at radius 3 is 2.48 bits per heavy atom.